The highest BCUT2D eigenvalue weighted by Crippen LogP contribution is 2.31. The van der Waals surface area contributed by atoms with Crippen molar-refractivity contribution < 1.29 is 4.74 Å². The number of fused-ring (bicyclic) bond motifs is 1. The average Bonchev–Trinajstić information content (AvgIpc) is 3.05. The number of methoxy groups -OCH3 is 1. The van der Waals surface area contributed by atoms with Crippen LogP contribution in [0.15, 0.2) is 71.8 Å². The van der Waals surface area contributed by atoms with Gasteiger partial charge in [0.05, 0.1) is 7.11 Å². The highest BCUT2D eigenvalue weighted by atomic mass is 35.5. The van der Waals surface area contributed by atoms with Crippen molar-refractivity contribution in [3.8, 4) is 17.1 Å². The molecule has 0 aliphatic rings. The lowest BCUT2D eigenvalue weighted by atomic mass is 10.2. The zero-order chi connectivity index (χ0) is 17.9. The fourth-order valence-corrected chi connectivity index (χ4v) is 3.62. The van der Waals surface area contributed by atoms with Crippen LogP contribution in [0.2, 0.25) is 5.02 Å². The Morgan fingerprint density at radius 1 is 1.00 bits per heavy atom. The monoisotopic (exact) mass is 381 g/mol. The van der Waals surface area contributed by atoms with Crippen molar-refractivity contribution in [1.29, 1.82) is 0 Å². The zero-order valence-electron chi connectivity index (χ0n) is 14.1. The van der Waals surface area contributed by atoms with Gasteiger partial charge in [0, 0.05) is 16.3 Å². The first-order chi connectivity index (χ1) is 12.7. The predicted molar refractivity (Wildman–Crippen MR) is 106 cm³/mol. The van der Waals surface area contributed by atoms with Crippen LogP contribution in [0, 0.1) is 0 Å². The zero-order valence-corrected chi connectivity index (χ0v) is 15.7. The van der Waals surface area contributed by atoms with E-state index >= 15 is 0 Å². The Hall–Kier alpha value is -2.50. The number of imidazole rings is 1. The van der Waals surface area contributed by atoms with Crippen LogP contribution in [0.3, 0.4) is 0 Å². The van der Waals surface area contributed by atoms with E-state index in [4.69, 9.17) is 21.4 Å². The molecule has 26 heavy (non-hydrogen) atoms. The maximum absolute atomic E-state index is 5.99. The molecule has 0 aliphatic heterocycles. The van der Waals surface area contributed by atoms with Crippen LogP contribution in [-0.4, -0.2) is 21.7 Å². The summed E-state index contributed by atoms with van der Waals surface area (Å²) in [5.74, 6) is 1.48. The van der Waals surface area contributed by atoms with Crippen LogP contribution < -0.4 is 4.74 Å². The lowest BCUT2D eigenvalue weighted by molar-refractivity contribution is 0.387. The topological polar surface area (TPSA) is 39.4 Å². The van der Waals surface area contributed by atoms with E-state index in [0.29, 0.717) is 10.9 Å². The third-order valence-corrected chi connectivity index (χ3v) is 5.20. The molecule has 0 saturated carbocycles. The van der Waals surface area contributed by atoms with Crippen molar-refractivity contribution in [2.75, 3.05) is 7.11 Å². The van der Waals surface area contributed by atoms with Crippen molar-refractivity contribution in [2.24, 2.45) is 0 Å². The number of rotatable bonds is 5. The molecule has 0 unspecified atom stereocenters. The number of hydrogen-bond donors (Lipinski definition) is 0. The summed E-state index contributed by atoms with van der Waals surface area (Å²) in [5, 5.41) is 6.30. The molecule has 2 aromatic heterocycles. The van der Waals surface area contributed by atoms with E-state index in [2.05, 4.69) is 17.1 Å². The van der Waals surface area contributed by atoms with Gasteiger partial charge in [-0.2, -0.15) is 9.61 Å². The van der Waals surface area contributed by atoms with Crippen LogP contribution in [-0.2, 0) is 5.75 Å². The lowest BCUT2D eigenvalue weighted by Crippen LogP contribution is -1.97. The van der Waals surface area contributed by atoms with E-state index in [-0.39, 0.29) is 0 Å². The number of aromatic nitrogens is 3. The largest absolute Gasteiger partial charge is 0.479 e. The van der Waals surface area contributed by atoms with Gasteiger partial charge in [-0.05, 0) is 29.8 Å². The van der Waals surface area contributed by atoms with E-state index in [1.54, 1.807) is 23.4 Å². The lowest BCUT2D eigenvalue weighted by Gasteiger charge is -2.05. The Kier molecular flexibility index (Phi) is 4.82. The number of nitrogens with zero attached hydrogens (tertiary/aromatic N) is 3. The molecular weight excluding hydrogens is 366 g/mol. The molecule has 4 nitrogen and oxygen atoms in total. The summed E-state index contributed by atoms with van der Waals surface area (Å²) < 4.78 is 7.34. The first-order valence-electron chi connectivity index (χ1n) is 8.11. The number of ether oxygens (including phenoxy) is 1. The summed E-state index contributed by atoms with van der Waals surface area (Å²) in [5.41, 5.74) is 3.70. The first kappa shape index (κ1) is 16.9. The van der Waals surface area contributed by atoms with Crippen LogP contribution in [0.25, 0.3) is 16.9 Å². The summed E-state index contributed by atoms with van der Waals surface area (Å²) in [7, 11) is 1.63. The molecule has 0 bridgehead atoms. The number of hydrogen-bond acceptors (Lipinski definition) is 4. The molecule has 0 amide bonds. The Morgan fingerprint density at radius 3 is 2.50 bits per heavy atom. The van der Waals surface area contributed by atoms with Crippen molar-refractivity contribution in [3.63, 3.8) is 0 Å². The van der Waals surface area contributed by atoms with E-state index in [1.807, 2.05) is 54.6 Å². The predicted octanol–water partition coefficient (Wildman–Crippen LogP) is 5.35. The minimum Gasteiger partial charge on any atom is -0.479 e. The molecule has 0 N–H and O–H groups in total. The van der Waals surface area contributed by atoms with Gasteiger partial charge in [-0.3, -0.25) is 0 Å². The molecule has 6 heteroatoms. The van der Waals surface area contributed by atoms with Gasteiger partial charge in [0.15, 0.2) is 5.65 Å². The van der Waals surface area contributed by atoms with Crippen LogP contribution in [0.1, 0.15) is 5.56 Å². The molecule has 0 radical (unpaired) electrons. The molecule has 0 spiro atoms. The van der Waals surface area contributed by atoms with Crippen LogP contribution in [0.5, 0.6) is 5.88 Å². The van der Waals surface area contributed by atoms with E-state index in [1.165, 1.54) is 5.56 Å². The van der Waals surface area contributed by atoms with Crippen molar-refractivity contribution >= 4 is 29.0 Å². The second-order valence-corrected chi connectivity index (χ2v) is 7.12. The van der Waals surface area contributed by atoms with Crippen molar-refractivity contribution in [1.82, 2.24) is 14.6 Å². The summed E-state index contributed by atoms with van der Waals surface area (Å²) in [6, 6.07) is 21.8. The molecule has 130 valence electrons. The van der Waals surface area contributed by atoms with Gasteiger partial charge in [0.2, 0.25) is 5.88 Å². The van der Waals surface area contributed by atoms with Crippen molar-refractivity contribution in [3.05, 3.63) is 77.3 Å². The summed E-state index contributed by atoms with van der Waals surface area (Å²) in [4.78, 5) is 4.67. The molecule has 4 rings (SSSR count). The highest BCUT2D eigenvalue weighted by Gasteiger charge is 2.16. The van der Waals surface area contributed by atoms with Gasteiger partial charge in [0.25, 0.3) is 0 Å². The SMILES string of the molecule is COc1c(-c2ccc(Cl)cc2)nc2ccc(SCc3ccccc3)nn12. The van der Waals surface area contributed by atoms with E-state index < -0.39 is 0 Å². The molecule has 0 saturated heterocycles. The second kappa shape index (κ2) is 7.40. The summed E-state index contributed by atoms with van der Waals surface area (Å²) >= 11 is 7.67. The van der Waals surface area contributed by atoms with Gasteiger partial charge in [-0.1, -0.05) is 65.8 Å². The maximum atomic E-state index is 5.99. The molecule has 2 aromatic carbocycles. The third-order valence-electron chi connectivity index (χ3n) is 3.95. The van der Waals surface area contributed by atoms with Gasteiger partial charge in [-0.15, -0.1) is 0 Å². The Balaban J connectivity index is 1.68. The fraction of sp³-hybridized carbons (Fsp3) is 0.100. The molecule has 0 fully saturated rings. The minimum atomic E-state index is 0.615. The molecule has 0 atom stereocenters. The van der Waals surface area contributed by atoms with Gasteiger partial charge < -0.3 is 4.74 Å². The quantitative estimate of drug-likeness (QED) is 0.437. The highest BCUT2D eigenvalue weighted by molar-refractivity contribution is 7.98. The Morgan fingerprint density at radius 2 is 1.77 bits per heavy atom. The van der Waals surface area contributed by atoms with Crippen LogP contribution >= 0.6 is 23.4 Å². The van der Waals surface area contributed by atoms with Crippen LogP contribution in [0.4, 0.5) is 0 Å². The smallest absolute Gasteiger partial charge is 0.243 e. The number of benzene rings is 2. The summed E-state index contributed by atoms with van der Waals surface area (Å²) in [6.07, 6.45) is 0. The molecule has 4 aromatic rings. The number of halogens is 1. The molecular formula is C20H16ClN3OS. The molecule has 0 aliphatic carbocycles. The van der Waals surface area contributed by atoms with Gasteiger partial charge in [-0.25, -0.2) is 4.98 Å². The second-order valence-electron chi connectivity index (χ2n) is 5.69. The summed E-state index contributed by atoms with van der Waals surface area (Å²) in [6.45, 7) is 0. The van der Waals surface area contributed by atoms with Gasteiger partial charge >= 0.3 is 0 Å². The first-order valence-corrected chi connectivity index (χ1v) is 9.47. The number of thioether (sulfide) groups is 1. The third kappa shape index (κ3) is 3.41. The fourth-order valence-electron chi connectivity index (χ4n) is 2.68. The maximum Gasteiger partial charge on any atom is 0.243 e. The standard InChI is InChI=1S/C20H16ClN3OS/c1-25-20-19(15-7-9-16(21)10-8-15)22-17-11-12-18(23-24(17)20)26-13-14-5-3-2-4-6-14/h2-12H,13H2,1H3. The Bertz CT molecular complexity index is 1030. The Labute approximate surface area is 160 Å². The van der Waals surface area contributed by atoms with E-state index in [9.17, 15) is 0 Å². The minimum absolute atomic E-state index is 0.615. The van der Waals surface area contributed by atoms with E-state index in [0.717, 1.165) is 27.7 Å². The average molecular weight is 382 g/mol. The molecule has 2 heterocycles. The normalized spacial score (nSPS) is 11.0. The van der Waals surface area contributed by atoms with Crippen molar-refractivity contribution in [2.45, 2.75) is 10.8 Å². The van der Waals surface area contributed by atoms with Gasteiger partial charge in [0.1, 0.15) is 10.7 Å².